The second-order valence-corrected chi connectivity index (χ2v) is 6.94. The van der Waals surface area contributed by atoms with Crippen molar-refractivity contribution >= 4 is 17.3 Å². The molecule has 4 heteroatoms. The second kappa shape index (κ2) is 8.17. The van der Waals surface area contributed by atoms with E-state index in [9.17, 15) is 4.79 Å². The number of nitrogens with zero attached hydrogens (tertiary/aromatic N) is 2. The minimum atomic E-state index is -0.00244. The van der Waals surface area contributed by atoms with Crippen LogP contribution in [0.1, 0.15) is 19.4 Å². The van der Waals surface area contributed by atoms with Gasteiger partial charge >= 0.3 is 0 Å². The number of piperazine rings is 1. The van der Waals surface area contributed by atoms with Crippen molar-refractivity contribution in [2.75, 3.05) is 36.4 Å². The molecule has 0 unspecified atom stereocenters. The second-order valence-electron chi connectivity index (χ2n) is 6.94. The summed E-state index contributed by atoms with van der Waals surface area (Å²) in [4.78, 5) is 16.7. The molecule has 0 saturated carbocycles. The Kier molecular flexibility index (Phi) is 5.71. The summed E-state index contributed by atoms with van der Waals surface area (Å²) in [5, 5.41) is 2.94. The van der Waals surface area contributed by atoms with Gasteiger partial charge in [-0.25, -0.2) is 0 Å². The zero-order valence-corrected chi connectivity index (χ0v) is 15.1. The number of hydrogen-bond acceptors (Lipinski definition) is 3. The van der Waals surface area contributed by atoms with E-state index in [-0.39, 0.29) is 11.8 Å². The van der Waals surface area contributed by atoms with E-state index < -0.39 is 0 Å². The molecule has 0 spiro atoms. The van der Waals surface area contributed by atoms with Crippen LogP contribution in [0.4, 0.5) is 11.4 Å². The standard InChI is InChI=1S/C21H27N3O/c1-17(2)21(25)22-19-8-10-20(11-9-19)24-14-12-23(13-15-24)16-18-6-4-3-5-7-18/h3-11,17H,12-16H2,1-2H3,(H,22,25). The molecule has 0 aromatic heterocycles. The summed E-state index contributed by atoms with van der Waals surface area (Å²) in [5.41, 5.74) is 3.47. The van der Waals surface area contributed by atoms with Crippen molar-refractivity contribution in [1.82, 2.24) is 4.90 Å². The first kappa shape index (κ1) is 17.5. The molecule has 1 aliphatic heterocycles. The van der Waals surface area contributed by atoms with E-state index in [1.54, 1.807) is 0 Å². The highest BCUT2D eigenvalue weighted by Crippen LogP contribution is 2.20. The topological polar surface area (TPSA) is 35.6 Å². The molecule has 132 valence electrons. The van der Waals surface area contributed by atoms with E-state index in [0.717, 1.165) is 38.4 Å². The van der Waals surface area contributed by atoms with Gasteiger partial charge in [0, 0.05) is 50.0 Å². The predicted molar refractivity (Wildman–Crippen MR) is 104 cm³/mol. The predicted octanol–water partition coefficient (Wildman–Crippen LogP) is 3.60. The number of carbonyl (C=O) groups excluding carboxylic acids is 1. The first-order valence-corrected chi connectivity index (χ1v) is 9.04. The highest BCUT2D eigenvalue weighted by molar-refractivity contribution is 5.92. The Morgan fingerprint density at radius 1 is 0.960 bits per heavy atom. The van der Waals surface area contributed by atoms with Gasteiger partial charge in [0.2, 0.25) is 5.91 Å². The van der Waals surface area contributed by atoms with Gasteiger partial charge in [-0.2, -0.15) is 0 Å². The first-order valence-electron chi connectivity index (χ1n) is 9.04. The lowest BCUT2D eigenvalue weighted by Crippen LogP contribution is -2.45. The summed E-state index contributed by atoms with van der Waals surface area (Å²) in [6.45, 7) is 9.03. The third-order valence-electron chi connectivity index (χ3n) is 4.65. The average molecular weight is 337 g/mol. The zero-order chi connectivity index (χ0) is 17.6. The van der Waals surface area contributed by atoms with Crippen LogP contribution in [0.3, 0.4) is 0 Å². The van der Waals surface area contributed by atoms with Crippen LogP contribution in [-0.2, 0) is 11.3 Å². The Bertz CT molecular complexity index is 674. The van der Waals surface area contributed by atoms with Crippen LogP contribution in [0.5, 0.6) is 0 Å². The van der Waals surface area contributed by atoms with Gasteiger partial charge in [0.15, 0.2) is 0 Å². The van der Waals surface area contributed by atoms with Crippen LogP contribution in [0.25, 0.3) is 0 Å². The fourth-order valence-corrected chi connectivity index (χ4v) is 3.05. The van der Waals surface area contributed by atoms with Crippen LogP contribution in [0.15, 0.2) is 54.6 Å². The molecule has 1 aliphatic rings. The molecule has 1 saturated heterocycles. The van der Waals surface area contributed by atoms with Gasteiger partial charge in [-0.3, -0.25) is 9.69 Å². The Labute approximate surface area is 150 Å². The van der Waals surface area contributed by atoms with Gasteiger partial charge in [0.05, 0.1) is 0 Å². The minimum Gasteiger partial charge on any atom is -0.369 e. The van der Waals surface area contributed by atoms with Crippen molar-refractivity contribution in [3.63, 3.8) is 0 Å². The molecule has 2 aromatic carbocycles. The molecular formula is C21H27N3O. The van der Waals surface area contributed by atoms with Crippen LogP contribution in [0.2, 0.25) is 0 Å². The van der Waals surface area contributed by atoms with E-state index >= 15 is 0 Å². The summed E-state index contributed by atoms with van der Waals surface area (Å²) >= 11 is 0. The molecule has 0 aliphatic carbocycles. The van der Waals surface area contributed by atoms with Crippen molar-refractivity contribution in [3.05, 3.63) is 60.2 Å². The fraction of sp³-hybridized carbons (Fsp3) is 0.381. The van der Waals surface area contributed by atoms with Gasteiger partial charge in [0.25, 0.3) is 0 Å². The molecule has 3 rings (SSSR count). The SMILES string of the molecule is CC(C)C(=O)Nc1ccc(N2CCN(Cc3ccccc3)CC2)cc1. The normalized spacial score (nSPS) is 15.4. The van der Waals surface area contributed by atoms with Crippen molar-refractivity contribution < 1.29 is 4.79 Å². The smallest absolute Gasteiger partial charge is 0.226 e. The van der Waals surface area contributed by atoms with Crippen LogP contribution >= 0.6 is 0 Å². The molecule has 1 fully saturated rings. The summed E-state index contributed by atoms with van der Waals surface area (Å²) in [5.74, 6) is 0.0552. The van der Waals surface area contributed by atoms with Gasteiger partial charge in [-0.1, -0.05) is 44.2 Å². The first-order chi connectivity index (χ1) is 12.1. The summed E-state index contributed by atoms with van der Waals surface area (Å²) in [6, 6.07) is 18.8. The van der Waals surface area contributed by atoms with Gasteiger partial charge < -0.3 is 10.2 Å². The minimum absolute atomic E-state index is 0.00244. The number of anilines is 2. The maximum Gasteiger partial charge on any atom is 0.226 e. The van der Waals surface area contributed by atoms with Crippen molar-refractivity contribution in [2.45, 2.75) is 20.4 Å². The number of benzene rings is 2. The summed E-state index contributed by atoms with van der Waals surface area (Å²) in [6.07, 6.45) is 0. The lowest BCUT2D eigenvalue weighted by atomic mass is 10.1. The third-order valence-corrected chi connectivity index (χ3v) is 4.65. The lowest BCUT2D eigenvalue weighted by Gasteiger charge is -2.36. The number of amides is 1. The fourth-order valence-electron chi connectivity index (χ4n) is 3.05. The van der Waals surface area contributed by atoms with E-state index in [4.69, 9.17) is 0 Å². The Morgan fingerprint density at radius 2 is 1.60 bits per heavy atom. The number of rotatable bonds is 5. The number of hydrogen-bond donors (Lipinski definition) is 1. The van der Waals surface area contributed by atoms with Crippen molar-refractivity contribution in [3.8, 4) is 0 Å². The lowest BCUT2D eigenvalue weighted by molar-refractivity contribution is -0.118. The number of carbonyl (C=O) groups is 1. The van der Waals surface area contributed by atoms with E-state index in [1.807, 2.05) is 26.0 Å². The van der Waals surface area contributed by atoms with Gasteiger partial charge in [0.1, 0.15) is 0 Å². The Morgan fingerprint density at radius 3 is 2.20 bits per heavy atom. The van der Waals surface area contributed by atoms with Crippen molar-refractivity contribution in [2.24, 2.45) is 5.92 Å². The molecule has 2 aromatic rings. The molecule has 1 amide bonds. The highest BCUT2D eigenvalue weighted by Gasteiger charge is 2.17. The number of nitrogens with one attached hydrogen (secondary N) is 1. The summed E-state index contributed by atoms with van der Waals surface area (Å²) < 4.78 is 0. The van der Waals surface area contributed by atoms with E-state index in [0.29, 0.717) is 0 Å². The van der Waals surface area contributed by atoms with Crippen molar-refractivity contribution in [1.29, 1.82) is 0 Å². The van der Waals surface area contributed by atoms with Gasteiger partial charge in [-0.15, -0.1) is 0 Å². The monoisotopic (exact) mass is 337 g/mol. The molecule has 4 nitrogen and oxygen atoms in total. The van der Waals surface area contributed by atoms with E-state index in [1.165, 1.54) is 11.3 Å². The third kappa shape index (κ3) is 4.83. The summed E-state index contributed by atoms with van der Waals surface area (Å²) in [7, 11) is 0. The maximum absolute atomic E-state index is 11.8. The Balaban J connectivity index is 1.51. The zero-order valence-electron chi connectivity index (χ0n) is 15.1. The molecule has 0 radical (unpaired) electrons. The molecular weight excluding hydrogens is 310 g/mol. The maximum atomic E-state index is 11.8. The quantitative estimate of drug-likeness (QED) is 0.905. The highest BCUT2D eigenvalue weighted by atomic mass is 16.1. The Hall–Kier alpha value is -2.33. The van der Waals surface area contributed by atoms with Crippen LogP contribution in [0, 0.1) is 5.92 Å². The van der Waals surface area contributed by atoms with Crippen LogP contribution < -0.4 is 10.2 Å². The molecule has 25 heavy (non-hydrogen) atoms. The molecule has 0 atom stereocenters. The largest absolute Gasteiger partial charge is 0.369 e. The van der Waals surface area contributed by atoms with Gasteiger partial charge in [-0.05, 0) is 29.8 Å². The average Bonchev–Trinajstić information content (AvgIpc) is 2.64. The molecule has 0 bridgehead atoms. The van der Waals surface area contributed by atoms with Crippen LogP contribution in [-0.4, -0.2) is 37.0 Å². The molecule has 1 heterocycles. The molecule has 1 N–H and O–H groups in total. The van der Waals surface area contributed by atoms with E-state index in [2.05, 4.69) is 57.6 Å².